The SMILES string of the molecule is N#Cc1c(N)[nH]c(-c2ccco2)c1C#N. The van der Waals surface area contributed by atoms with Gasteiger partial charge in [0.15, 0.2) is 5.76 Å². The van der Waals surface area contributed by atoms with Crippen LogP contribution in [0.1, 0.15) is 11.1 Å². The van der Waals surface area contributed by atoms with Gasteiger partial charge in [-0.1, -0.05) is 0 Å². The Morgan fingerprint density at radius 2 is 2.00 bits per heavy atom. The lowest BCUT2D eigenvalue weighted by atomic mass is 10.1. The van der Waals surface area contributed by atoms with Crippen LogP contribution in [0.5, 0.6) is 0 Å². The fourth-order valence-corrected chi connectivity index (χ4v) is 1.35. The van der Waals surface area contributed by atoms with Crippen molar-refractivity contribution in [2.24, 2.45) is 0 Å². The molecule has 0 unspecified atom stereocenters. The Hall–Kier alpha value is -2.66. The third-order valence-corrected chi connectivity index (χ3v) is 2.02. The van der Waals surface area contributed by atoms with Crippen LogP contribution in [0.25, 0.3) is 11.5 Å². The lowest BCUT2D eigenvalue weighted by Gasteiger charge is -1.91. The topological polar surface area (TPSA) is 103 Å². The highest BCUT2D eigenvalue weighted by molar-refractivity contribution is 5.73. The number of aromatic nitrogens is 1. The molecule has 15 heavy (non-hydrogen) atoms. The monoisotopic (exact) mass is 198 g/mol. The second kappa shape index (κ2) is 3.24. The number of nitrogens with one attached hydrogen (secondary N) is 1. The molecule has 0 aromatic carbocycles. The maximum Gasteiger partial charge on any atom is 0.151 e. The van der Waals surface area contributed by atoms with E-state index in [9.17, 15) is 0 Å². The minimum atomic E-state index is 0.156. The van der Waals surface area contributed by atoms with Crippen LogP contribution in [-0.4, -0.2) is 4.98 Å². The molecule has 0 bridgehead atoms. The van der Waals surface area contributed by atoms with Crippen molar-refractivity contribution in [2.45, 2.75) is 0 Å². The van der Waals surface area contributed by atoms with Gasteiger partial charge >= 0.3 is 0 Å². The van der Waals surface area contributed by atoms with E-state index in [4.69, 9.17) is 20.7 Å². The lowest BCUT2D eigenvalue weighted by molar-refractivity contribution is 0.580. The summed E-state index contributed by atoms with van der Waals surface area (Å²) in [4.78, 5) is 2.76. The molecule has 0 fully saturated rings. The van der Waals surface area contributed by atoms with E-state index in [0.29, 0.717) is 11.5 Å². The Bertz CT molecular complexity index is 566. The molecular weight excluding hydrogens is 192 g/mol. The molecule has 0 spiro atoms. The average molecular weight is 198 g/mol. The number of nitrogens with zero attached hydrogens (tertiary/aromatic N) is 2. The van der Waals surface area contributed by atoms with E-state index in [-0.39, 0.29) is 16.9 Å². The summed E-state index contributed by atoms with van der Waals surface area (Å²) in [7, 11) is 0. The first-order valence-electron chi connectivity index (χ1n) is 4.13. The molecule has 0 atom stereocenters. The molecule has 72 valence electrons. The molecule has 2 rings (SSSR count). The molecule has 5 nitrogen and oxygen atoms in total. The Kier molecular flexibility index (Phi) is 1.93. The van der Waals surface area contributed by atoms with Crippen molar-refractivity contribution in [3.05, 3.63) is 29.5 Å². The van der Waals surface area contributed by atoms with E-state index in [1.807, 2.05) is 12.1 Å². The number of nitrogens with two attached hydrogens (primary N) is 1. The molecule has 5 heteroatoms. The number of rotatable bonds is 1. The predicted molar refractivity (Wildman–Crippen MR) is 52.3 cm³/mol. The van der Waals surface area contributed by atoms with Crippen molar-refractivity contribution < 1.29 is 4.42 Å². The van der Waals surface area contributed by atoms with Gasteiger partial charge in [0.1, 0.15) is 34.8 Å². The fraction of sp³-hybridized carbons (Fsp3) is 0. The van der Waals surface area contributed by atoms with Crippen LogP contribution in [0.3, 0.4) is 0 Å². The molecule has 0 aliphatic heterocycles. The summed E-state index contributed by atoms with van der Waals surface area (Å²) >= 11 is 0. The zero-order valence-corrected chi connectivity index (χ0v) is 7.61. The highest BCUT2D eigenvalue weighted by atomic mass is 16.3. The summed E-state index contributed by atoms with van der Waals surface area (Å²) in [5.41, 5.74) is 6.37. The number of nitrogen functional groups attached to an aromatic ring is 1. The number of aromatic amines is 1. The van der Waals surface area contributed by atoms with Crippen LogP contribution >= 0.6 is 0 Å². The Morgan fingerprint density at radius 3 is 2.53 bits per heavy atom. The van der Waals surface area contributed by atoms with Gasteiger partial charge in [-0.2, -0.15) is 10.5 Å². The van der Waals surface area contributed by atoms with Crippen molar-refractivity contribution in [2.75, 3.05) is 5.73 Å². The second-order valence-corrected chi connectivity index (χ2v) is 2.86. The Balaban J connectivity index is 2.71. The van der Waals surface area contributed by atoms with Crippen LogP contribution in [0.4, 0.5) is 5.82 Å². The standard InChI is InChI=1S/C10H6N4O/c11-4-6-7(5-12)10(13)14-9(6)8-2-1-3-15-8/h1-3,14H,13H2. The van der Waals surface area contributed by atoms with Crippen LogP contribution in [-0.2, 0) is 0 Å². The zero-order valence-electron chi connectivity index (χ0n) is 7.61. The normalized spacial score (nSPS) is 9.47. The van der Waals surface area contributed by atoms with Crippen LogP contribution in [0.2, 0.25) is 0 Å². The molecular formula is C10H6N4O. The van der Waals surface area contributed by atoms with Gasteiger partial charge in [-0.15, -0.1) is 0 Å². The third kappa shape index (κ3) is 1.23. The summed E-state index contributed by atoms with van der Waals surface area (Å²) in [6, 6.07) is 7.19. The number of hydrogen-bond acceptors (Lipinski definition) is 4. The summed E-state index contributed by atoms with van der Waals surface area (Å²) in [6.07, 6.45) is 1.49. The molecule has 2 heterocycles. The second-order valence-electron chi connectivity index (χ2n) is 2.86. The van der Waals surface area contributed by atoms with Gasteiger partial charge in [0.25, 0.3) is 0 Å². The van der Waals surface area contributed by atoms with Gasteiger partial charge in [-0.3, -0.25) is 0 Å². The van der Waals surface area contributed by atoms with E-state index in [1.165, 1.54) is 6.26 Å². The average Bonchev–Trinajstić information content (AvgIpc) is 2.83. The van der Waals surface area contributed by atoms with Gasteiger partial charge in [-0.05, 0) is 12.1 Å². The molecule has 0 radical (unpaired) electrons. The number of furan rings is 1. The van der Waals surface area contributed by atoms with Crippen LogP contribution < -0.4 is 5.73 Å². The van der Waals surface area contributed by atoms with E-state index in [1.54, 1.807) is 12.1 Å². The smallest absolute Gasteiger partial charge is 0.151 e. The van der Waals surface area contributed by atoms with E-state index < -0.39 is 0 Å². The van der Waals surface area contributed by atoms with Crippen LogP contribution in [0.15, 0.2) is 22.8 Å². The Labute approximate surface area is 85.3 Å². The van der Waals surface area contributed by atoms with Crippen molar-refractivity contribution in [3.8, 4) is 23.6 Å². The van der Waals surface area contributed by atoms with E-state index in [2.05, 4.69) is 4.98 Å². The largest absolute Gasteiger partial charge is 0.463 e. The molecule has 3 N–H and O–H groups in total. The first-order chi connectivity index (χ1) is 7.27. The summed E-state index contributed by atoms with van der Waals surface area (Å²) < 4.78 is 5.13. The maximum absolute atomic E-state index is 8.92. The highest BCUT2D eigenvalue weighted by Gasteiger charge is 2.18. The van der Waals surface area contributed by atoms with E-state index in [0.717, 1.165) is 0 Å². The molecule has 0 aliphatic rings. The van der Waals surface area contributed by atoms with Crippen molar-refractivity contribution >= 4 is 5.82 Å². The third-order valence-electron chi connectivity index (χ3n) is 2.02. The first-order valence-corrected chi connectivity index (χ1v) is 4.13. The lowest BCUT2D eigenvalue weighted by Crippen LogP contribution is -1.87. The Morgan fingerprint density at radius 1 is 1.27 bits per heavy atom. The van der Waals surface area contributed by atoms with Gasteiger partial charge < -0.3 is 15.1 Å². The summed E-state index contributed by atoms with van der Waals surface area (Å²) in [5.74, 6) is 0.667. The number of H-pyrrole nitrogens is 1. The van der Waals surface area contributed by atoms with Gasteiger partial charge in [0, 0.05) is 0 Å². The van der Waals surface area contributed by atoms with Gasteiger partial charge in [0.05, 0.1) is 6.26 Å². The van der Waals surface area contributed by atoms with Crippen LogP contribution in [0, 0.1) is 22.7 Å². The van der Waals surface area contributed by atoms with Crippen molar-refractivity contribution in [1.29, 1.82) is 10.5 Å². The number of nitriles is 2. The number of anilines is 1. The molecule has 2 aromatic heterocycles. The van der Waals surface area contributed by atoms with E-state index >= 15 is 0 Å². The van der Waals surface area contributed by atoms with Crippen molar-refractivity contribution in [3.63, 3.8) is 0 Å². The molecule has 0 amide bonds. The minimum Gasteiger partial charge on any atom is -0.463 e. The minimum absolute atomic E-state index is 0.156. The predicted octanol–water partition coefficient (Wildman–Crippen LogP) is 1.60. The molecule has 0 saturated heterocycles. The first kappa shape index (κ1) is 8.92. The molecule has 0 saturated carbocycles. The number of hydrogen-bond donors (Lipinski definition) is 2. The summed E-state index contributed by atoms with van der Waals surface area (Å²) in [5, 5.41) is 17.7. The maximum atomic E-state index is 8.92. The highest BCUT2D eigenvalue weighted by Crippen LogP contribution is 2.28. The zero-order chi connectivity index (χ0) is 10.8. The molecule has 2 aromatic rings. The quantitative estimate of drug-likeness (QED) is 0.726. The summed E-state index contributed by atoms with van der Waals surface area (Å²) in [6.45, 7) is 0. The fourth-order valence-electron chi connectivity index (χ4n) is 1.35. The van der Waals surface area contributed by atoms with Gasteiger partial charge in [0.2, 0.25) is 0 Å². The van der Waals surface area contributed by atoms with Gasteiger partial charge in [-0.25, -0.2) is 0 Å². The van der Waals surface area contributed by atoms with Crippen molar-refractivity contribution in [1.82, 2.24) is 4.98 Å². The molecule has 0 aliphatic carbocycles.